The lowest BCUT2D eigenvalue weighted by Crippen LogP contribution is -2.27. The number of hydrogen-bond donors (Lipinski definition) is 0. The summed E-state index contributed by atoms with van der Waals surface area (Å²) in [5.74, 6) is 8.41. The minimum atomic E-state index is -0.0366. The van der Waals surface area contributed by atoms with Gasteiger partial charge in [-0.25, -0.2) is 0 Å². The van der Waals surface area contributed by atoms with Gasteiger partial charge in [0.1, 0.15) is 6.10 Å². The summed E-state index contributed by atoms with van der Waals surface area (Å²) in [4.78, 5) is 0. The Bertz CT molecular complexity index is 398. The SMILES string of the molecule is CCCCCC(C#C/C=C\C[C@@H]1C[C@H]1CC)OC1CCCCO1. The van der Waals surface area contributed by atoms with Gasteiger partial charge >= 0.3 is 0 Å². The molecular formula is C21H34O2. The summed E-state index contributed by atoms with van der Waals surface area (Å²) < 4.78 is 11.8. The van der Waals surface area contributed by atoms with Crippen molar-refractivity contribution >= 4 is 0 Å². The van der Waals surface area contributed by atoms with Crippen LogP contribution >= 0.6 is 0 Å². The largest absolute Gasteiger partial charge is 0.353 e. The van der Waals surface area contributed by atoms with Crippen molar-refractivity contribution in [2.75, 3.05) is 6.61 Å². The quantitative estimate of drug-likeness (QED) is 0.414. The predicted octanol–water partition coefficient (Wildman–Crippen LogP) is 5.47. The van der Waals surface area contributed by atoms with E-state index >= 15 is 0 Å². The maximum atomic E-state index is 6.08. The van der Waals surface area contributed by atoms with Crippen LogP contribution in [0.4, 0.5) is 0 Å². The number of hydrogen-bond acceptors (Lipinski definition) is 2. The molecule has 130 valence electrons. The Balaban J connectivity index is 1.73. The fourth-order valence-electron chi connectivity index (χ4n) is 3.30. The Kier molecular flexibility index (Phi) is 8.79. The predicted molar refractivity (Wildman–Crippen MR) is 96.0 cm³/mol. The Morgan fingerprint density at radius 2 is 2.13 bits per heavy atom. The van der Waals surface area contributed by atoms with Crippen molar-refractivity contribution in [3.8, 4) is 11.8 Å². The minimum Gasteiger partial charge on any atom is -0.353 e. The second-order valence-corrected chi connectivity index (χ2v) is 7.01. The number of rotatable bonds is 9. The first-order valence-corrected chi connectivity index (χ1v) is 9.76. The first-order valence-electron chi connectivity index (χ1n) is 9.76. The first-order chi connectivity index (χ1) is 11.3. The van der Waals surface area contributed by atoms with Gasteiger partial charge in [0.2, 0.25) is 0 Å². The second kappa shape index (κ2) is 10.9. The highest BCUT2D eigenvalue weighted by molar-refractivity contribution is 5.18. The summed E-state index contributed by atoms with van der Waals surface area (Å²) in [5.41, 5.74) is 0. The van der Waals surface area contributed by atoms with E-state index in [0.717, 1.165) is 37.7 Å². The van der Waals surface area contributed by atoms with Crippen LogP contribution in [-0.2, 0) is 9.47 Å². The summed E-state index contributed by atoms with van der Waals surface area (Å²) in [7, 11) is 0. The normalized spacial score (nSPS) is 28.3. The molecule has 2 rings (SSSR count). The lowest BCUT2D eigenvalue weighted by atomic mass is 10.1. The highest BCUT2D eigenvalue weighted by Gasteiger charge is 2.33. The zero-order valence-corrected chi connectivity index (χ0v) is 15.1. The molecule has 2 heteroatoms. The van der Waals surface area contributed by atoms with Crippen molar-refractivity contribution in [2.45, 2.75) is 90.4 Å². The van der Waals surface area contributed by atoms with Crippen LogP contribution in [0.25, 0.3) is 0 Å². The van der Waals surface area contributed by atoms with E-state index in [9.17, 15) is 0 Å². The Morgan fingerprint density at radius 3 is 2.83 bits per heavy atom. The van der Waals surface area contributed by atoms with Gasteiger partial charge in [0, 0.05) is 6.61 Å². The molecule has 0 bridgehead atoms. The molecule has 4 atom stereocenters. The molecule has 0 aromatic rings. The maximum absolute atomic E-state index is 6.08. The van der Waals surface area contributed by atoms with Crippen molar-refractivity contribution in [3.63, 3.8) is 0 Å². The van der Waals surface area contributed by atoms with E-state index in [4.69, 9.17) is 9.47 Å². The van der Waals surface area contributed by atoms with E-state index in [1.807, 2.05) is 6.08 Å². The van der Waals surface area contributed by atoms with E-state index in [2.05, 4.69) is 31.8 Å². The van der Waals surface area contributed by atoms with Gasteiger partial charge in [0.25, 0.3) is 0 Å². The molecule has 1 aliphatic carbocycles. The first kappa shape index (κ1) is 18.6. The monoisotopic (exact) mass is 318 g/mol. The molecule has 1 aliphatic heterocycles. The zero-order valence-electron chi connectivity index (χ0n) is 15.1. The van der Waals surface area contributed by atoms with Gasteiger partial charge in [-0.15, -0.1) is 0 Å². The lowest BCUT2D eigenvalue weighted by molar-refractivity contribution is -0.177. The highest BCUT2D eigenvalue weighted by atomic mass is 16.7. The van der Waals surface area contributed by atoms with Crippen molar-refractivity contribution in [1.82, 2.24) is 0 Å². The Labute approximate surface area is 143 Å². The third kappa shape index (κ3) is 7.55. The summed E-state index contributed by atoms with van der Waals surface area (Å²) in [6.45, 7) is 5.36. The van der Waals surface area contributed by atoms with Crippen molar-refractivity contribution in [1.29, 1.82) is 0 Å². The van der Waals surface area contributed by atoms with Crippen LogP contribution in [0.2, 0.25) is 0 Å². The molecule has 1 heterocycles. The molecule has 2 fully saturated rings. The summed E-state index contributed by atoms with van der Waals surface area (Å²) in [6.07, 6.45) is 16.3. The number of ether oxygens (including phenoxy) is 2. The number of allylic oxidation sites excluding steroid dienone is 2. The molecule has 0 aromatic heterocycles. The van der Waals surface area contributed by atoms with E-state index < -0.39 is 0 Å². The fraction of sp³-hybridized carbons (Fsp3) is 0.810. The lowest BCUT2D eigenvalue weighted by Gasteiger charge is -2.25. The molecule has 2 unspecified atom stereocenters. The maximum Gasteiger partial charge on any atom is 0.159 e. The van der Waals surface area contributed by atoms with Crippen molar-refractivity contribution < 1.29 is 9.47 Å². The van der Waals surface area contributed by atoms with Gasteiger partial charge in [0.15, 0.2) is 6.29 Å². The van der Waals surface area contributed by atoms with Gasteiger partial charge in [-0.3, -0.25) is 0 Å². The minimum absolute atomic E-state index is 0.0265. The van der Waals surface area contributed by atoms with E-state index in [-0.39, 0.29) is 12.4 Å². The zero-order chi connectivity index (χ0) is 16.3. The highest BCUT2D eigenvalue weighted by Crippen LogP contribution is 2.43. The van der Waals surface area contributed by atoms with Crippen molar-refractivity contribution in [2.24, 2.45) is 11.8 Å². The van der Waals surface area contributed by atoms with Crippen LogP contribution in [-0.4, -0.2) is 19.0 Å². The van der Waals surface area contributed by atoms with Crippen LogP contribution in [0, 0.1) is 23.7 Å². The Hall–Kier alpha value is -0.780. The van der Waals surface area contributed by atoms with Crippen LogP contribution in [0.15, 0.2) is 12.2 Å². The van der Waals surface area contributed by atoms with Gasteiger partial charge in [-0.2, -0.15) is 0 Å². The van der Waals surface area contributed by atoms with E-state index in [1.165, 1.54) is 44.9 Å². The third-order valence-electron chi connectivity index (χ3n) is 5.00. The van der Waals surface area contributed by atoms with Crippen LogP contribution in [0.1, 0.15) is 78.1 Å². The molecule has 0 N–H and O–H groups in total. The molecular weight excluding hydrogens is 284 g/mol. The summed E-state index contributed by atoms with van der Waals surface area (Å²) >= 11 is 0. The molecule has 2 aliphatic rings. The van der Waals surface area contributed by atoms with Gasteiger partial charge < -0.3 is 9.47 Å². The van der Waals surface area contributed by atoms with Crippen molar-refractivity contribution in [3.05, 3.63) is 12.2 Å². The molecule has 0 spiro atoms. The average Bonchev–Trinajstić information content (AvgIpc) is 3.34. The summed E-state index contributed by atoms with van der Waals surface area (Å²) in [6, 6.07) is 0. The topological polar surface area (TPSA) is 18.5 Å². The fourth-order valence-corrected chi connectivity index (χ4v) is 3.30. The van der Waals surface area contributed by atoms with E-state index in [0.29, 0.717) is 0 Å². The Morgan fingerprint density at radius 1 is 1.22 bits per heavy atom. The van der Waals surface area contributed by atoms with Crippen LogP contribution in [0.3, 0.4) is 0 Å². The molecule has 2 nitrogen and oxygen atoms in total. The van der Waals surface area contributed by atoms with Gasteiger partial charge in [-0.1, -0.05) is 51.0 Å². The molecule has 1 saturated carbocycles. The van der Waals surface area contributed by atoms with Crippen LogP contribution < -0.4 is 0 Å². The molecule has 0 aromatic carbocycles. The third-order valence-corrected chi connectivity index (χ3v) is 5.00. The molecule has 23 heavy (non-hydrogen) atoms. The summed E-state index contributed by atoms with van der Waals surface area (Å²) in [5, 5.41) is 0. The van der Waals surface area contributed by atoms with E-state index in [1.54, 1.807) is 0 Å². The second-order valence-electron chi connectivity index (χ2n) is 7.01. The molecule has 1 saturated heterocycles. The standard InChI is InChI=1S/C21H34O2/c1-3-5-7-13-20(23-21-15-10-11-16-22-21)14-9-6-8-12-19-17-18(19)4-2/h6,8,18-21H,3-5,7,10-13,15-17H2,1-2H3/b8-6-/t18-,19-,20?,21?/m1/s1. The smallest absolute Gasteiger partial charge is 0.159 e. The molecule has 0 amide bonds. The van der Waals surface area contributed by atoms with Gasteiger partial charge in [0.05, 0.1) is 0 Å². The molecule has 0 radical (unpaired) electrons. The number of unbranched alkanes of at least 4 members (excludes halogenated alkanes) is 2. The average molecular weight is 319 g/mol. The van der Waals surface area contributed by atoms with Gasteiger partial charge in [-0.05, 0) is 62.9 Å². The van der Waals surface area contributed by atoms with Crippen LogP contribution in [0.5, 0.6) is 0 Å².